The monoisotopic (exact) mass is 390 g/mol. The molecule has 4 heteroatoms. The molecule has 0 radical (unpaired) electrons. The molecule has 3 nitrogen and oxygen atoms in total. The van der Waals surface area contributed by atoms with E-state index in [2.05, 4.69) is 38.2 Å². The van der Waals surface area contributed by atoms with Gasteiger partial charge in [0.05, 0.1) is 13.2 Å². The Hall–Kier alpha value is -1.94. The van der Waals surface area contributed by atoms with Gasteiger partial charge in [0.15, 0.2) is 0 Å². The molecule has 0 aliphatic heterocycles. The first-order valence-electron chi connectivity index (χ1n) is 11.1. The zero-order valence-electron chi connectivity index (χ0n) is 17.5. The lowest BCUT2D eigenvalue weighted by atomic mass is 9.42. The maximum absolute atomic E-state index is 10.7. The highest BCUT2D eigenvalue weighted by molar-refractivity contribution is 6.18. The summed E-state index contributed by atoms with van der Waals surface area (Å²) in [6, 6.07) is 10.8. The summed E-state index contributed by atoms with van der Waals surface area (Å²) in [4.78, 5) is 0. The molecule has 0 bridgehead atoms. The number of benzene rings is 1. The van der Waals surface area contributed by atoms with Gasteiger partial charge < -0.3 is 14.9 Å². The molecule has 4 aliphatic rings. The minimum absolute atomic E-state index is 0.0432. The third-order valence-corrected chi connectivity index (χ3v) is 8.33. The molecule has 2 saturated carbocycles. The molecule has 0 spiro atoms. The fourth-order valence-electron chi connectivity index (χ4n) is 7.17. The van der Waals surface area contributed by atoms with Crippen LogP contribution in [0, 0.1) is 17.3 Å². The zero-order valence-corrected chi connectivity index (χ0v) is 17.5. The van der Waals surface area contributed by atoms with Gasteiger partial charge in [-0.25, -0.2) is 0 Å². The highest BCUT2D eigenvalue weighted by atomic mass is 16.5. The quantitative estimate of drug-likeness (QED) is 0.599. The molecule has 2 fully saturated rings. The maximum atomic E-state index is 10.7. The molecule has 0 saturated heterocycles. The Morgan fingerprint density at radius 3 is 2.72 bits per heavy atom. The van der Waals surface area contributed by atoms with Gasteiger partial charge in [0.2, 0.25) is 0 Å². The summed E-state index contributed by atoms with van der Waals surface area (Å²) in [6.45, 7) is 0. The molecule has 0 amide bonds. The molecule has 2 N–H and O–H groups in total. The molecule has 29 heavy (non-hydrogen) atoms. The van der Waals surface area contributed by atoms with E-state index in [1.807, 2.05) is 12.2 Å². The number of hydrogen-bond acceptors (Lipinski definition) is 3. The van der Waals surface area contributed by atoms with E-state index in [0.717, 1.165) is 50.7 Å². The number of fused-ring (bicyclic) bond motifs is 4. The van der Waals surface area contributed by atoms with Gasteiger partial charge in [-0.1, -0.05) is 41.5 Å². The van der Waals surface area contributed by atoms with E-state index in [9.17, 15) is 10.2 Å². The first-order valence-corrected chi connectivity index (χ1v) is 11.1. The van der Waals surface area contributed by atoms with Gasteiger partial charge in [-0.05, 0) is 73.2 Å². The van der Waals surface area contributed by atoms with Gasteiger partial charge in [0.1, 0.15) is 19.4 Å². The lowest BCUT2D eigenvalue weighted by Crippen LogP contribution is -2.44. The van der Waals surface area contributed by atoms with Crippen molar-refractivity contribution < 1.29 is 14.9 Å². The summed E-state index contributed by atoms with van der Waals surface area (Å²) >= 11 is 0. The Balaban J connectivity index is 1.59. The van der Waals surface area contributed by atoms with E-state index in [1.54, 1.807) is 12.7 Å². The molecule has 5 rings (SSSR count). The van der Waals surface area contributed by atoms with Crippen LogP contribution < -0.4 is 0 Å². The van der Waals surface area contributed by atoms with Crippen LogP contribution in [0.15, 0.2) is 65.1 Å². The Kier molecular flexibility index (Phi) is 4.47. The minimum atomic E-state index is -0.228. The Labute approximate surface area is 174 Å². The summed E-state index contributed by atoms with van der Waals surface area (Å²) in [5.41, 5.74) is 4.59. The maximum Gasteiger partial charge on any atom is 0.115 e. The van der Waals surface area contributed by atoms with Crippen molar-refractivity contribution >= 4 is 7.85 Å². The molecular formula is C25H31BO3. The van der Waals surface area contributed by atoms with Crippen molar-refractivity contribution in [1.29, 1.82) is 0 Å². The van der Waals surface area contributed by atoms with Crippen LogP contribution in [0.3, 0.4) is 0 Å². The largest absolute Gasteiger partial charge is 0.508 e. The SMILES string of the molecule is B[C@]12CC[C@@]3(Cc4ccccc4)C[C@@H](O)CC3=C1CCC1C=C(O)C=C(OC)C12. The molecule has 152 valence electrons. The first kappa shape index (κ1) is 19.1. The van der Waals surface area contributed by atoms with E-state index < -0.39 is 0 Å². The van der Waals surface area contributed by atoms with E-state index in [4.69, 9.17) is 4.74 Å². The van der Waals surface area contributed by atoms with Crippen molar-refractivity contribution in [2.24, 2.45) is 17.3 Å². The van der Waals surface area contributed by atoms with E-state index in [0.29, 0.717) is 11.7 Å². The highest BCUT2D eigenvalue weighted by Crippen LogP contribution is 2.67. The minimum Gasteiger partial charge on any atom is -0.508 e. The second kappa shape index (κ2) is 6.80. The Morgan fingerprint density at radius 1 is 1.17 bits per heavy atom. The van der Waals surface area contributed by atoms with Crippen LogP contribution in [0.4, 0.5) is 0 Å². The second-order valence-electron chi connectivity index (χ2n) is 9.90. The average Bonchev–Trinajstić information content (AvgIpc) is 3.03. The standard InChI is InChI=1S/C25H31BO3/c1-29-22-13-18(27)11-17-7-8-20-21-12-19(28)15-24(21,9-10-25(20,26)23(17)22)14-16-5-3-2-4-6-16/h2-6,11,13,17,19,23,27-28H,7-10,12,14-15,26H2,1H3/t17?,19-,23?,24+,25+/m0/s1. The van der Waals surface area contributed by atoms with Crippen molar-refractivity contribution in [3.05, 3.63) is 70.7 Å². The normalized spacial score (nSPS) is 38.5. The third-order valence-electron chi connectivity index (χ3n) is 8.33. The van der Waals surface area contributed by atoms with Crippen LogP contribution in [0.1, 0.15) is 44.1 Å². The highest BCUT2D eigenvalue weighted by Gasteiger charge is 2.56. The Bertz CT molecular complexity index is 902. The Morgan fingerprint density at radius 2 is 1.97 bits per heavy atom. The van der Waals surface area contributed by atoms with Crippen molar-refractivity contribution in [2.75, 3.05) is 7.11 Å². The number of rotatable bonds is 3. The van der Waals surface area contributed by atoms with Crippen molar-refractivity contribution in [2.45, 2.75) is 56.4 Å². The number of allylic oxidation sites excluding steroid dienone is 4. The molecular weight excluding hydrogens is 359 g/mol. The van der Waals surface area contributed by atoms with Crippen LogP contribution in [-0.4, -0.2) is 31.3 Å². The predicted octanol–water partition coefficient (Wildman–Crippen LogP) is 4.26. The number of ether oxygens (including phenoxy) is 1. The van der Waals surface area contributed by atoms with E-state index >= 15 is 0 Å². The van der Waals surface area contributed by atoms with Gasteiger partial charge in [0, 0.05) is 12.0 Å². The van der Waals surface area contributed by atoms with Crippen molar-refractivity contribution in [3.63, 3.8) is 0 Å². The molecule has 1 aromatic rings. The fraction of sp³-hybridized carbons (Fsp3) is 0.520. The van der Waals surface area contributed by atoms with Crippen LogP contribution >= 0.6 is 0 Å². The molecule has 2 unspecified atom stereocenters. The summed E-state index contributed by atoms with van der Waals surface area (Å²) in [6.07, 6.45) is 10.7. The number of aliphatic hydroxyl groups excluding tert-OH is 2. The summed E-state index contributed by atoms with van der Waals surface area (Å²) in [5, 5.41) is 21.0. The van der Waals surface area contributed by atoms with E-state index in [1.165, 1.54) is 11.1 Å². The van der Waals surface area contributed by atoms with E-state index in [-0.39, 0.29) is 22.8 Å². The van der Waals surface area contributed by atoms with Gasteiger partial charge in [-0.2, -0.15) is 0 Å². The summed E-state index contributed by atoms with van der Waals surface area (Å²) in [5.74, 6) is 1.88. The van der Waals surface area contributed by atoms with Crippen LogP contribution in [0.25, 0.3) is 0 Å². The molecule has 4 aliphatic carbocycles. The van der Waals surface area contributed by atoms with Gasteiger partial charge in [0.25, 0.3) is 0 Å². The topological polar surface area (TPSA) is 49.7 Å². The lowest BCUT2D eigenvalue weighted by Gasteiger charge is -2.55. The average molecular weight is 390 g/mol. The summed E-state index contributed by atoms with van der Waals surface area (Å²) in [7, 11) is 4.14. The predicted molar refractivity (Wildman–Crippen MR) is 117 cm³/mol. The van der Waals surface area contributed by atoms with Crippen LogP contribution in [0.2, 0.25) is 5.31 Å². The second-order valence-corrected chi connectivity index (χ2v) is 9.90. The van der Waals surface area contributed by atoms with Gasteiger partial charge >= 0.3 is 0 Å². The summed E-state index contributed by atoms with van der Waals surface area (Å²) < 4.78 is 5.79. The smallest absolute Gasteiger partial charge is 0.115 e. The third kappa shape index (κ3) is 2.91. The number of aliphatic hydroxyl groups is 2. The van der Waals surface area contributed by atoms with Crippen molar-refractivity contribution in [3.8, 4) is 0 Å². The lowest BCUT2D eigenvalue weighted by molar-refractivity contribution is 0.125. The number of hydrogen-bond donors (Lipinski definition) is 2. The van der Waals surface area contributed by atoms with Gasteiger partial charge in [-0.15, -0.1) is 0 Å². The first-order chi connectivity index (χ1) is 13.9. The van der Waals surface area contributed by atoms with Crippen LogP contribution in [-0.2, 0) is 11.2 Å². The molecule has 1 aromatic carbocycles. The zero-order chi connectivity index (χ0) is 20.2. The molecule has 0 heterocycles. The van der Waals surface area contributed by atoms with Crippen molar-refractivity contribution in [1.82, 2.24) is 0 Å². The fourth-order valence-corrected chi connectivity index (χ4v) is 7.17. The van der Waals surface area contributed by atoms with Crippen LogP contribution in [0.5, 0.6) is 0 Å². The molecule has 5 atom stereocenters. The molecule has 0 aromatic heterocycles. The number of methoxy groups -OCH3 is 1. The van der Waals surface area contributed by atoms with Gasteiger partial charge in [-0.3, -0.25) is 0 Å².